The summed E-state index contributed by atoms with van der Waals surface area (Å²) in [6.45, 7) is 1.73. The highest BCUT2D eigenvalue weighted by Crippen LogP contribution is 2.23. The molecule has 1 heterocycles. The van der Waals surface area contributed by atoms with Gasteiger partial charge in [0, 0.05) is 0 Å². The van der Waals surface area contributed by atoms with E-state index in [9.17, 15) is 4.79 Å². The molecule has 0 saturated heterocycles. The number of thioether (sulfide) groups is 1. The van der Waals surface area contributed by atoms with Crippen LogP contribution in [0.25, 0.3) is 0 Å². The highest BCUT2D eigenvalue weighted by atomic mass is 32.2. The second kappa shape index (κ2) is 6.38. The van der Waals surface area contributed by atoms with E-state index in [-0.39, 0.29) is 11.2 Å². The summed E-state index contributed by atoms with van der Waals surface area (Å²) in [7, 11) is 1.36. The molecule has 19 heavy (non-hydrogen) atoms. The lowest BCUT2D eigenvalue weighted by Crippen LogP contribution is -2.14. The van der Waals surface area contributed by atoms with E-state index < -0.39 is 0 Å². The zero-order valence-electron chi connectivity index (χ0n) is 10.7. The predicted octanol–water partition coefficient (Wildman–Crippen LogP) is 2.31. The van der Waals surface area contributed by atoms with Crippen molar-refractivity contribution in [3.05, 3.63) is 41.8 Å². The Morgan fingerprint density at radius 2 is 2.11 bits per heavy atom. The molecular formula is C13H14N2O3S. The van der Waals surface area contributed by atoms with Gasteiger partial charge in [0.25, 0.3) is 5.22 Å². The molecule has 6 heteroatoms. The summed E-state index contributed by atoms with van der Waals surface area (Å²) in [6.07, 6.45) is 0.584. The highest BCUT2D eigenvalue weighted by Gasteiger charge is 2.18. The van der Waals surface area contributed by atoms with Crippen LogP contribution in [0.3, 0.4) is 0 Å². The number of carbonyl (C=O) groups excluding carboxylic acids is 1. The zero-order valence-corrected chi connectivity index (χ0v) is 11.5. The SMILES string of the molecule is COC(=O)[C@@H](C)Sc1nnc(Cc2ccccc2)o1. The van der Waals surface area contributed by atoms with Gasteiger partial charge in [0.05, 0.1) is 13.5 Å². The Morgan fingerprint density at radius 1 is 1.37 bits per heavy atom. The summed E-state index contributed by atoms with van der Waals surface area (Å²) in [6, 6.07) is 9.86. The number of aromatic nitrogens is 2. The van der Waals surface area contributed by atoms with Crippen molar-refractivity contribution >= 4 is 17.7 Å². The number of ether oxygens (including phenoxy) is 1. The van der Waals surface area contributed by atoms with Gasteiger partial charge in [-0.25, -0.2) is 0 Å². The van der Waals surface area contributed by atoms with Gasteiger partial charge >= 0.3 is 5.97 Å². The maximum Gasteiger partial charge on any atom is 0.319 e. The number of hydrogen-bond acceptors (Lipinski definition) is 6. The van der Waals surface area contributed by atoms with Crippen molar-refractivity contribution < 1.29 is 13.9 Å². The predicted molar refractivity (Wildman–Crippen MR) is 70.9 cm³/mol. The van der Waals surface area contributed by atoms with E-state index >= 15 is 0 Å². The Hall–Kier alpha value is -1.82. The monoisotopic (exact) mass is 278 g/mol. The van der Waals surface area contributed by atoms with Gasteiger partial charge in [-0.1, -0.05) is 42.1 Å². The van der Waals surface area contributed by atoms with Gasteiger partial charge < -0.3 is 9.15 Å². The standard InChI is InChI=1S/C13H14N2O3S/c1-9(12(16)17-2)19-13-15-14-11(18-13)8-10-6-4-3-5-7-10/h3-7,9H,8H2,1-2H3/t9-/m1/s1. The number of nitrogens with zero attached hydrogens (tertiary/aromatic N) is 2. The molecule has 0 spiro atoms. The molecular weight excluding hydrogens is 264 g/mol. The minimum atomic E-state index is -0.366. The summed E-state index contributed by atoms with van der Waals surface area (Å²) in [4.78, 5) is 11.3. The summed E-state index contributed by atoms with van der Waals surface area (Å²) in [5, 5.41) is 7.88. The van der Waals surface area contributed by atoms with Crippen LogP contribution in [-0.4, -0.2) is 28.5 Å². The number of benzene rings is 1. The van der Waals surface area contributed by atoms with Crippen LogP contribution >= 0.6 is 11.8 Å². The van der Waals surface area contributed by atoms with Crippen LogP contribution in [0, 0.1) is 0 Å². The molecule has 5 nitrogen and oxygen atoms in total. The van der Waals surface area contributed by atoms with Crippen molar-refractivity contribution in [1.82, 2.24) is 10.2 Å². The molecule has 0 aliphatic heterocycles. The average molecular weight is 278 g/mol. The van der Waals surface area contributed by atoms with Crippen molar-refractivity contribution in [3.8, 4) is 0 Å². The number of esters is 1. The highest BCUT2D eigenvalue weighted by molar-refractivity contribution is 8.00. The first-order valence-corrected chi connectivity index (χ1v) is 6.68. The molecule has 2 aromatic rings. The molecule has 2 rings (SSSR count). The lowest BCUT2D eigenvalue weighted by atomic mass is 10.2. The molecule has 1 aromatic heterocycles. The summed E-state index contributed by atoms with van der Waals surface area (Å²) < 4.78 is 10.1. The van der Waals surface area contributed by atoms with E-state index in [2.05, 4.69) is 14.9 Å². The molecule has 0 N–H and O–H groups in total. The van der Waals surface area contributed by atoms with Gasteiger partial charge in [-0.05, 0) is 12.5 Å². The fourth-order valence-electron chi connectivity index (χ4n) is 1.49. The van der Waals surface area contributed by atoms with Gasteiger partial charge in [-0.3, -0.25) is 4.79 Å². The Balaban J connectivity index is 1.98. The lowest BCUT2D eigenvalue weighted by molar-refractivity contribution is -0.139. The second-order valence-electron chi connectivity index (χ2n) is 3.91. The Morgan fingerprint density at radius 3 is 2.79 bits per heavy atom. The molecule has 0 bridgehead atoms. The fourth-order valence-corrected chi connectivity index (χ4v) is 2.22. The van der Waals surface area contributed by atoms with Gasteiger partial charge in [0.15, 0.2) is 0 Å². The Labute approximate surface area is 115 Å². The van der Waals surface area contributed by atoms with Gasteiger partial charge in [0.1, 0.15) is 5.25 Å². The first-order chi connectivity index (χ1) is 9.19. The Bertz CT molecular complexity index is 542. The van der Waals surface area contributed by atoms with Gasteiger partial charge in [0.2, 0.25) is 5.89 Å². The molecule has 0 aliphatic carbocycles. The van der Waals surface area contributed by atoms with Crippen LogP contribution < -0.4 is 0 Å². The van der Waals surface area contributed by atoms with Crippen LogP contribution in [0.2, 0.25) is 0 Å². The quantitative estimate of drug-likeness (QED) is 0.617. The van der Waals surface area contributed by atoms with Crippen molar-refractivity contribution in [3.63, 3.8) is 0 Å². The number of hydrogen-bond donors (Lipinski definition) is 0. The largest absolute Gasteiger partial charge is 0.468 e. The van der Waals surface area contributed by atoms with Crippen molar-refractivity contribution in [1.29, 1.82) is 0 Å². The van der Waals surface area contributed by atoms with Crippen molar-refractivity contribution in [2.45, 2.75) is 23.8 Å². The molecule has 0 aliphatic rings. The van der Waals surface area contributed by atoms with E-state index in [1.807, 2.05) is 30.3 Å². The maximum atomic E-state index is 11.3. The first kappa shape index (κ1) is 13.6. The van der Waals surface area contributed by atoms with Crippen LogP contribution in [0.1, 0.15) is 18.4 Å². The first-order valence-electron chi connectivity index (χ1n) is 5.80. The summed E-state index contributed by atoms with van der Waals surface area (Å²) >= 11 is 1.19. The topological polar surface area (TPSA) is 65.2 Å². The van der Waals surface area contributed by atoms with Gasteiger partial charge in [-0.2, -0.15) is 0 Å². The zero-order chi connectivity index (χ0) is 13.7. The third kappa shape index (κ3) is 3.82. The van der Waals surface area contributed by atoms with Crippen LogP contribution in [0.15, 0.2) is 40.0 Å². The molecule has 1 atom stereocenters. The molecule has 0 radical (unpaired) electrons. The summed E-state index contributed by atoms with van der Waals surface area (Å²) in [5.74, 6) is 0.221. The lowest BCUT2D eigenvalue weighted by Gasteiger charge is -2.04. The molecule has 1 aromatic carbocycles. The van der Waals surface area contributed by atoms with Crippen molar-refractivity contribution in [2.24, 2.45) is 0 Å². The normalized spacial score (nSPS) is 12.1. The van der Waals surface area contributed by atoms with Gasteiger partial charge in [-0.15, -0.1) is 10.2 Å². The van der Waals surface area contributed by atoms with E-state index in [4.69, 9.17) is 4.42 Å². The summed E-state index contributed by atoms with van der Waals surface area (Å²) in [5.41, 5.74) is 1.10. The van der Waals surface area contributed by atoms with Crippen LogP contribution in [0.4, 0.5) is 0 Å². The number of carbonyl (C=O) groups is 1. The van der Waals surface area contributed by atoms with Crippen molar-refractivity contribution in [2.75, 3.05) is 7.11 Å². The van der Waals surface area contributed by atoms with Crippen LogP contribution in [0.5, 0.6) is 0 Å². The minimum absolute atomic E-state index is 0.312. The second-order valence-corrected chi connectivity index (χ2v) is 5.20. The number of methoxy groups -OCH3 is 1. The van der Waals surface area contributed by atoms with E-state index in [0.717, 1.165) is 5.56 Å². The number of rotatable bonds is 5. The smallest absolute Gasteiger partial charge is 0.319 e. The third-order valence-corrected chi connectivity index (χ3v) is 3.37. The maximum absolute atomic E-state index is 11.3. The molecule has 0 fully saturated rings. The molecule has 0 saturated carbocycles. The molecule has 0 amide bonds. The van der Waals surface area contributed by atoms with E-state index in [1.54, 1.807) is 6.92 Å². The molecule has 100 valence electrons. The molecule has 0 unspecified atom stereocenters. The fraction of sp³-hybridized carbons (Fsp3) is 0.308. The Kier molecular flexibility index (Phi) is 4.57. The average Bonchev–Trinajstić information content (AvgIpc) is 2.86. The minimum Gasteiger partial charge on any atom is -0.468 e. The third-order valence-electron chi connectivity index (χ3n) is 2.46. The van der Waals surface area contributed by atoms with E-state index in [1.165, 1.54) is 18.9 Å². The van der Waals surface area contributed by atoms with Crippen LogP contribution in [-0.2, 0) is 16.0 Å². The van der Waals surface area contributed by atoms with E-state index in [0.29, 0.717) is 17.5 Å².